The second-order valence-electron chi connectivity index (χ2n) is 3.67. The fraction of sp³-hybridized carbons (Fsp3) is 0.167. The minimum atomic E-state index is -0.245. The lowest BCUT2D eigenvalue weighted by atomic mass is 10.3. The third-order valence-electron chi connectivity index (χ3n) is 2.31. The number of hydrogen-bond acceptors (Lipinski definition) is 1. The summed E-state index contributed by atoms with van der Waals surface area (Å²) < 4.78 is 15.5. The molecule has 1 aromatic heterocycles. The van der Waals surface area contributed by atoms with Gasteiger partial charge in [-0.25, -0.2) is 4.39 Å². The van der Waals surface area contributed by atoms with Gasteiger partial charge in [0.2, 0.25) is 0 Å². The third kappa shape index (κ3) is 2.64. The van der Waals surface area contributed by atoms with E-state index < -0.39 is 0 Å². The highest BCUT2D eigenvalue weighted by Crippen LogP contribution is 2.20. The molecule has 16 heavy (non-hydrogen) atoms. The number of benzene rings is 1. The van der Waals surface area contributed by atoms with Gasteiger partial charge in [-0.05, 0) is 45.8 Å². The van der Waals surface area contributed by atoms with Crippen LogP contribution in [0.5, 0.6) is 0 Å². The maximum absolute atomic E-state index is 13.0. The van der Waals surface area contributed by atoms with Crippen molar-refractivity contribution in [2.24, 2.45) is 7.05 Å². The Morgan fingerprint density at radius 2 is 2.19 bits per heavy atom. The quantitative estimate of drug-likeness (QED) is 0.911. The fourth-order valence-corrected chi connectivity index (χ4v) is 1.85. The molecule has 84 valence electrons. The molecule has 1 N–H and O–H groups in total. The normalized spacial score (nSPS) is 10.4. The summed E-state index contributed by atoms with van der Waals surface area (Å²) in [6.07, 6.45) is 4.04. The van der Waals surface area contributed by atoms with Gasteiger partial charge in [-0.1, -0.05) is 0 Å². The van der Waals surface area contributed by atoms with E-state index in [4.69, 9.17) is 0 Å². The number of aromatic nitrogens is 1. The van der Waals surface area contributed by atoms with Crippen molar-refractivity contribution in [2.75, 3.05) is 5.32 Å². The van der Waals surface area contributed by atoms with Gasteiger partial charge in [0.25, 0.3) is 0 Å². The van der Waals surface area contributed by atoms with Crippen LogP contribution in [0.4, 0.5) is 10.1 Å². The second-order valence-corrected chi connectivity index (χ2v) is 4.52. The molecule has 0 atom stereocenters. The van der Waals surface area contributed by atoms with Crippen LogP contribution in [0.3, 0.4) is 0 Å². The van der Waals surface area contributed by atoms with Gasteiger partial charge in [0, 0.05) is 31.7 Å². The Labute approximate surface area is 102 Å². The highest BCUT2D eigenvalue weighted by Gasteiger charge is 2.00. The summed E-state index contributed by atoms with van der Waals surface area (Å²) in [5.41, 5.74) is 2.10. The number of nitrogens with zero attached hydrogens (tertiary/aromatic N) is 1. The van der Waals surface area contributed by atoms with Crippen molar-refractivity contribution < 1.29 is 4.39 Å². The Morgan fingerprint density at radius 1 is 1.38 bits per heavy atom. The van der Waals surface area contributed by atoms with E-state index in [9.17, 15) is 4.39 Å². The lowest BCUT2D eigenvalue weighted by Gasteiger charge is -2.05. The molecular weight excluding hydrogens is 271 g/mol. The zero-order chi connectivity index (χ0) is 11.5. The lowest BCUT2D eigenvalue weighted by Crippen LogP contribution is -1.98. The molecule has 0 unspecified atom stereocenters. The maximum atomic E-state index is 13.0. The van der Waals surface area contributed by atoms with Gasteiger partial charge in [0.1, 0.15) is 5.82 Å². The Morgan fingerprint density at radius 3 is 2.81 bits per heavy atom. The summed E-state index contributed by atoms with van der Waals surface area (Å²) in [5, 5.41) is 3.23. The molecule has 0 radical (unpaired) electrons. The first-order chi connectivity index (χ1) is 7.65. The predicted molar refractivity (Wildman–Crippen MR) is 66.8 cm³/mol. The van der Waals surface area contributed by atoms with Gasteiger partial charge in [0.15, 0.2) is 0 Å². The van der Waals surface area contributed by atoms with Crippen LogP contribution < -0.4 is 5.32 Å². The van der Waals surface area contributed by atoms with Crippen LogP contribution in [0.25, 0.3) is 0 Å². The van der Waals surface area contributed by atoms with E-state index in [1.165, 1.54) is 11.6 Å². The molecule has 1 aromatic carbocycles. The van der Waals surface area contributed by atoms with Gasteiger partial charge in [0.05, 0.1) is 4.47 Å². The van der Waals surface area contributed by atoms with E-state index in [0.29, 0.717) is 4.47 Å². The van der Waals surface area contributed by atoms with Crippen molar-refractivity contribution >= 4 is 21.6 Å². The van der Waals surface area contributed by atoms with Crippen molar-refractivity contribution in [3.8, 4) is 0 Å². The van der Waals surface area contributed by atoms with E-state index in [2.05, 4.69) is 21.2 Å². The van der Waals surface area contributed by atoms with Crippen LogP contribution in [0.1, 0.15) is 5.56 Å². The number of halogens is 2. The number of rotatable bonds is 3. The molecule has 2 aromatic rings. The molecular formula is C12H12BrFN2. The minimum Gasteiger partial charge on any atom is -0.381 e. The van der Waals surface area contributed by atoms with Gasteiger partial charge < -0.3 is 9.88 Å². The van der Waals surface area contributed by atoms with E-state index in [-0.39, 0.29) is 5.82 Å². The van der Waals surface area contributed by atoms with Gasteiger partial charge in [-0.2, -0.15) is 0 Å². The molecule has 0 aliphatic heterocycles. The van der Waals surface area contributed by atoms with Crippen molar-refractivity contribution in [1.82, 2.24) is 4.57 Å². The molecule has 0 amide bonds. The van der Waals surface area contributed by atoms with Crippen LogP contribution >= 0.6 is 15.9 Å². The van der Waals surface area contributed by atoms with Crippen molar-refractivity contribution in [1.29, 1.82) is 0 Å². The number of aryl methyl sites for hydroxylation is 1. The Hall–Kier alpha value is -1.29. The largest absolute Gasteiger partial charge is 0.381 e. The molecule has 2 rings (SSSR count). The number of hydrogen-bond donors (Lipinski definition) is 1. The van der Waals surface area contributed by atoms with E-state index in [1.807, 2.05) is 30.1 Å². The average molecular weight is 283 g/mol. The fourth-order valence-electron chi connectivity index (χ4n) is 1.48. The first-order valence-electron chi connectivity index (χ1n) is 4.95. The Bertz CT molecular complexity index is 494. The van der Waals surface area contributed by atoms with Crippen molar-refractivity contribution in [3.63, 3.8) is 0 Å². The topological polar surface area (TPSA) is 17.0 Å². The van der Waals surface area contributed by atoms with Gasteiger partial charge >= 0.3 is 0 Å². The minimum absolute atomic E-state index is 0.245. The smallest absolute Gasteiger partial charge is 0.137 e. The van der Waals surface area contributed by atoms with Crippen molar-refractivity contribution in [2.45, 2.75) is 6.54 Å². The van der Waals surface area contributed by atoms with Gasteiger partial charge in [-0.3, -0.25) is 0 Å². The van der Waals surface area contributed by atoms with Gasteiger partial charge in [-0.15, -0.1) is 0 Å². The summed E-state index contributed by atoms with van der Waals surface area (Å²) in [6, 6.07) is 6.95. The Kier molecular flexibility index (Phi) is 3.29. The zero-order valence-electron chi connectivity index (χ0n) is 8.87. The van der Waals surface area contributed by atoms with E-state index >= 15 is 0 Å². The summed E-state index contributed by atoms with van der Waals surface area (Å²) in [4.78, 5) is 0. The number of anilines is 1. The Balaban J connectivity index is 2.02. The van der Waals surface area contributed by atoms with Crippen LogP contribution in [0.2, 0.25) is 0 Å². The zero-order valence-corrected chi connectivity index (χ0v) is 10.5. The highest BCUT2D eigenvalue weighted by molar-refractivity contribution is 9.10. The summed E-state index contributed by atoms with van der Waals surface area (Å²) in [5.74, 6) is -0.245. The maximum Gasteiger partial charge on any atom is 0.137 e. The van der Waals surface area contributed by atoms with Crippen LogP contribution in [0, 0.1) is 5.82 Å². The number of nitrogens with one attached hydrogen (secondary N) is 1. The van der Waals surface area contributed by atoms with Crippen LogP contribution in [-0.2, 0) is 13.6 Å². The highest BCUT2D eigenvalue weighted by atomic mass is 79.9. The molecule has 1 heterocycles. The molecule has 0 spiro atoms. The summed E-state index contributed by atoms with van der Waals surface area (Å²) in [6.45, 7) is 0.735. The molecule has 0 aliphatic rings. The lowest BCUT2D eigenvalue weighted by molar-refractivity contribution is 0.621. The van der Waals surface area contributed by atoms with Crippen LogP contribution in [0.15, 0.2) is 41.1 Å². The molecule has 0 fully saturated rings. The average Bonchev–Trinajstić information content (AvgIpc) is 2.66. The summed E-state index contributed by atoms with van der Waals surface area (Å²) >= 11 is 3.16. The first kappa shape index (κ1) is 11.2. The molecule has 0 saturated heterocycles. The second kappa shape index (κ2) is 4.70. The molecule has 0 saturated carbocycles. The van der Waals surface area contributed by atoms with E-state index in [1.54, 1.807) is 12.1 Å². The standard InChI is InChI=1S/C12H12BrFN2/c1-16-5-4-9(8-16)7-15-10-2-3-12(14)11(13)6-10/h2-6,8,15H,7H2,1H3. The predicted octanol–water partition coefficient (Wildman–Crippen LogP) is 3.54. The SMILES string of the molecule is Cn1ccc(CNc2ccc(F)c(Br)c2)c1. The monoisotopic (exact) mass is 282 g/mol. The molecule has 2 nitrogen and oxygen atoms in total. The molecule has 0 aliphatic carbocycles. The van der Waals surface area contributed by atoms with Crippen molar-refractivity contribution in [3.05, 3.63) is 52.5 Å². The third-order valence-corrected chi connectivity index (χ3v) is 2.92. The molecule has 0 bridgehead atoms. The molecule has 4 heteroatoms. The summed E-state index contributed by atoms with van der Waals surface area (Å²) in [7, 11) is 1.98. The first-order valence-corrected chi connectivity index (χ1v) is 5.74. The van der Waals surface area contributed by atoms with Crippen LogP contribution in [-0.4, -0.2) is 4.57 Å². The van der Waals surface area contributed by atoms with E-state index in [0.717, 1.165) is 12.2 Å².